The van der Waals surface area contributed by atoms with Gasteiger partial charge in [0.05, 0.1) is 23.8 Å². The second-order valence-corrected chi connectivity index (χ2v) is 4.68. The van der Waals surface area contributed by atoms with Crippen LogP contribution in [-0.2, 0) is 0 Å². The van der Waals surface area contributed by atoms with E-state index in [4.69, 9.17) is 0 Å². The zero-order valence-corrected chi connectivity index (χ0v) is 11.5. The van der Waals surface area contributed by atoms with Crippen LogP contribution in [0.3, 0.4) is 0 Å². The van der Waals surface area contributed by atoms with E-state index in [1.807, 2.05) is 43.3 Å². The van der Waals surface area contributed by atoms with Crippen molar-refractivity contribution in [2.75, 3.05) is 5.32 Å². The van der Waals surface area contributed by atoms with Gasteiger partial charge in [0, 0.05) is 6.20 Å². The van der Waals surface area contributed by atoms with Crippen LogP contribution in [0.5, 0.6) is 0 Å². The number of amides is 1. The molecule has 0 aliphatic carbocycles. The lowest BCUT2D eigenvalue weighted by Gasteiger charge is -2.02. The molecule has 0 aliphatic rings. The van der Waals surface area contributed by atoms with E-state index in [0.717, 1.165) is 11.3 Å². The molecule has 104 valence electrons. The van der Waals surface area contributed by atoms with Crippen LogP contribution < -0.4 is 5.32 Å². The molecule has 0 aliphatic heterocycles. The standard InChI is InChI=1S/C16H14N4O/c1-12-7-8-15(17-9-12)16(21)19-13-10-18-20(11-13)14-5-3-2-4-6-14/h2-11H,1H3,(H,19,21). The topological polar surface area (TPSA) is 59.8 Å². The molecule has 2 aromatic heterocycles. The third-order valence-corrected chi connectivity index (χ3v) is 3.01. The Kier molecular flexibility index (Phi) is 3.47. The van der Waals surface area contributed by atoms with Crippen LogP contribution in [-0.4, -0.2) is 20.7 Å². The van der Waals surface area contributed by atoms with Crippen molar-refractivity contribution in [2.24, 2.45) is 0 Å². The number of aromatic nitrogens is 3. The van der Waals surface area contributed by atoms with Crippen LogP contribution >= 0.6 is 0 Å². The summed E-state index contributed by atoms with van der Waals surface area (Å²) in [5.74, 6) is -0.248. The highest BCUT2D eigenvalue weighted by Gasteiger charge is 2.09. The first-order chi connectivity index (χ1) is 10.2. The van der Waals surface area contributed by atoms with Crippen LogP contribution in [0.15, 0.2) is 61.1 Å². The van der Waals surface area contributed by atoms with Gasteiger partial charge in [-0.25, -0.2) is 4.68 Å². The van der Waals surface area contributed by atoms with Crippen molar-refractivity contribution in [1.29, 1.82) is 0 Å². The van der Waals surface area contributed by atoms with E-state index in [0.29, 0.717) is 11.4 Å². The highest BCUT2D eigenvalue weighted by Crippen LogP contribution is 2.12. The van der Waals surface area contributed by atoms with Crippen molar-refractivity contribution in [3.8, 4) is 5.69 Å². The van der Waals surface area contributed by atoms with Gasteiger partial charge in [-0.2, -0.15) is 5.10 Å². The summed E-state index contributed by atoms with van der Waals surface area (Å²) in [6, 6.07) is 13.3. The van der Waals surface area contributed by atoms with Crippen molar-refractivity contribution in [1.82, 2.24) is 14.8 Å². The number of hydrogen-bond donors (Lipinski definition) is 1. The van der Waals surface area contributed by atoms with Gasteiger partial charge >= 0.3 is 0 Å². The molecule has 1 N–H and O–H groups in total. The molecule has 0 unspecified atom stereocenters. The molecule has 0 saturated carbocycles. The minimum absolute atomic E-state index is 0.248. The maximum Gasteiger partial charge on any atom is 0.274 e. The lowest BCUT2D eigenvalue weighted by Crippen LogP contribution is -2.13. The van der Waals surface area contributed by atoms with Gasteiger partial charge in [-0.15, -0.1) is 0 Å². The molecule has 5 nitrogen and oxygen atoms in total. The van der Waals surface area contributed by atoms with E-state index < -0.39 is 0 Å². The number of nitrogens with zero attached hydrogens (tertiary/aromatic N) is 3. The van der Waals surface area contributed by atoms with Gasteiger partial charge in [-0.3, -0.25) is 9.78 Å². The molecule has 5 heteroatoms. The molecule has 1 aromatic carbocycles. The summed E-state index contributed by atoms with van der Waals surface area (Å²) in [5, 5.41) is 7.01. The Morgan fingerprint density at radius 2 is 1.90 bits per heavy atom. The molecule has 0 radical (unpaired) electrons. The largest absolute Gasteiger partial charge is 0.318 e. The monoisotopic (exact) mass is 278 g/mol. The van der Waals surface area contributed by atoms with Gasteiger partial charge in [0.1, 0.15) is 5.69 Å². The number of rotatable bonds is 3. The fraction of sp³-hybridized carbons (Fsp3) is 0.0625. The number of anilines is 1. The lowest BCUT2D eigenvalue weighted by atomic mass is 10.2. The summed E-state index contributed by atoms with van der Waals surface area (Å²) in [4.78, 5) is 16.2. The molecule has 0 atom stereocenters. The van der Waals surface area contributed by atoms with Crippen LogP contribution in [0.1, 0.15) is 16.1 Å². The minimum Gasteiger partial charge on any atom is -0.318 e. The van der Waals surface area contributed by atoms with Gasteiger partial charge in [0.25, 0.3) is 5.91 Å². The van der Waals surface area contributed by atoms with Crippen molar-refractivity contribution in [3.63, 3.8) is 0 Å². The van der Waals surface area contributed by atoms with E-state index in [1.165, 1.54) is 0 Å². The summed E-state index contributed by atoms with van der Waals surface area (Å²) in [7, 11) is 0. The number of benzene rings is 1. The summed E-state index contributed by atoms with van der Waals surface area (Å²) in [5.41, 5.74) is 2.97. The summed E-state index contributed by atoms with van der Waals surface area (Å²) in [6.45, 7) is 1.93. The third kappa shape index (κ3) is 2.97. The Morgan fingerprint density at radius 3 is 2.62 bits per heavy atom. The Morgan fingerprint density at radius 1 is 1.10 bits per heavy atom. The number of carbonyl (C=O) groups excluding carboxylic acids is 1. The average Bonchev–Trinajstić information content (AvgIpc) is 2.97. The second kappa shape index (κ2) is 5.58. The highest BCUT2D eigenvalue weighted by atomic mass is 16.1. The van der Waals surface area contributed by atoms with E-state index >= 15 is 0 Å². The summed E-state index contributed by atoms with van der Waals surface area (Å²) >= 11 is 0. The predicted molar refractivity (Wildman–Crippen MR) is 80.5 cm³/mol. The molecule has 0 fully saturated rings. The fourth-order valence-corrected chi connectivity index (χ4v) is 1.91. The Balaban J connectivity index is 1.75. The molecule has 21 heavy (non-hydrogen) atoms. The predicted octanol–water partition coefficient (Wildman–Crippen LogP) is 2.83. The molecule has 0 spiro atoms. The Bertz CT molecular complexity index is 747. The average molecular weight is 278 g/mol. The van der Waals surface area contributed by atoms with E-state index in [9.17, 15) is 4.79 Å². The minimum atomic E-state index is -0.248. The normalized spacial score (nSPS) is 10.3. The second-order valence-electron chi connectivity index (χ2n) is 4.68. The first kappa shape index (κ1) is 13.1. The molecule has 0 bridgehead atoms. The first-order valence-corrected chi connectivity index (χ1v) is 6.56. The van der Waals surface area contributed by atoms with Crippen LogP contribution in [0.4, 0.5) is 5.69 Å². The summed E-state index contributed by atoms with van der Waals surface area (Å²) < 4.78 is 1.71. The third-order valence-electron chi connectivity index (χ3n) is 3.01. The molecular formula is C16H14N4O. The smallest absolute Gasteiger partial charge is 0.274 e. The highest BCUT2D eigenvalue weighted by molar-refractivity contribution is 6.02. The Hall–Kier alpha value is -2.95. The number of nitrogens with one attached hydrogen (secondary N) is 1. The Labute approximate surface area is 122 Å². The van der Waals surface area contributed by atoms with Gasteiger partial charge in [0.15, 0.2) is 0 Å². The summed E-state index contributed by atoms with van der Waals surface area (Å²) in [6.07, 6.45) is 5.04. The fourth-order valence-electron chi connectivity index (χ4n) is 1.91. The van der Waals surface area contributed by atoms with Crippen molar-refractivity contribution >= 4 is 11.6 Å². The van der Waals surface area contributed by atoms with E-state index in [1.54, 1.807) is 29.3 Å². The lowest BCUT2D eigenvalue weighted by molar-refractivity contribution is 0.102. The number of carbonyl (C=O) groups is 1. The molecule has 3 aromatic rings. The zero-order valence-electron chi connectivity index (χ0n) is 11.5. The number of aryl methyl sites for hydroxylation is 1. The number of hydrogen-bond acceptors (Lipinski definition) is 3. The van der Waals surface area contributed by atoms with E-state index in [2.05, 4.69) is 15.4 Å². The van der Waals surface area contributed by atoms with Crippen molar-refractivity contribution in [2.45, 2.75) is 6.92 Å². The van der Waals surface area contributed by atoms with Crippen LogP contribution in [0.2, 0.25) is 0 Å². The van der Waals surface area contributed by atoms with Crippen molar-refractivity contribution in [3.05, 3.63) is 72.3 Å². The van der Waals surface area contributed by atoms with Gasteiger partial charge < -0.3 is 5.32 Å². The quantitative estimate of drug-likeness (QED) is 0.801. The van der Waals surface area contributed by atoms with E-state index in [-0.39, 0.29) is 5.91 Å². The number of pyridine rings is 1. The molecular weight excluding hydrogens is 264 g/mol. The molecule has 1 amide bonds. The van der Waals surface area contributed by atoms with Gasteiger partial charge in [-0.1, -0.05) is 24.3 Å². The molecule has 2 heterocycles. The first-order valence-electron chi connectivity index (χ1n) is 6.56. The van der Waals surface area contributed by atoms with Gasteiger partial charge in [0.2, 0.25) is 0 Å². The maximum atomic E-state index is 12.1. The van der Waals surface area contributed by atoms with Crippen LogP contribution in [0.25, 0.3) is 5.69 Å². The molecule has 0 saturated heterocycles. The maximum absolute atomic E-state index is 12.1. The number of para-hydroxylation sites is 1. The van der Waals surface area contributed by atoms with Crippen molar-refractivity contribution < 1.29 is 4.79 Å². The molecule has 3 rings (SSSR count). The zero-order chi connectivity index (χ0) is 14.7. The SMILES string of the molecule is Cc1ccc(C(=O)Nc2cnn(-c3ccccc3)c2)nc1. The van der Waals surface area contributed by atoms with Gasteiger partial charge in [-0.05, 0) is 30.7 Å². The van der Waals surface area contributed by atoms with Crippen LogP contribution in [0, 0.1) is 6.92 Å².